The zero-order valence-electron chi connectivity index (χ0n) is 17.4. The number of carbonyl (C=O) groups is 1. The maximum Gasteiger partial charge on any atom is 0.258 e. The van der Waals surface area contributed by atoms with E-state index in [1.807, 2.05) is 59.6 Å². The normalized spacial score (nSPS) is 16.4. The van der Waals surface area contributed by atoms with E-state index in [2.05, 4.69) is 22.0 Å². The van der Waals surface area contributed by atoms with E-state index in [-0.39, 0.29) is 11.8 Å². The molecule has 1 fully saturated rings. The Bertz CT molecular complexity index is 1190. The number of rotatable bonds is 7. The van der Waals surface area contributed by atoms with Crippen molar-refractivity contribution in [3.05, 3.63) is 66.1 Å². The van der Waals surface area contributed by atoms with Crippen LogP contribution in [-0.2, 0) is 11.3 Å². The zero-order chi connectivity index (χ0) is 21.2. The van der Waals surface area contributed by atoms with Gasteiger partial charge in [-0.05, 0) is 42.3 Å². The summed E-state index contributed by atoms with van der Waals surface area (Å²) in [5.41, 5.74) is 2.99. The molecule has 0 radical (unpaired) electrons. The molecule has 0 spiro atoms. The van der Waals surface area contributed by atoms with Crippen LogP contribution >= 0.6 is 0 Å². The topological polar surface area (TPSA) is 84.2 Å². The van der Waals surface area contributed by atoms with Crippen LogP contribution in [0, 0.1) is 0 Å². The third kappa shape index (κ3) is 3.91. The number of hydrogen-bond donors (Lipinski definition) is 1. The lowest BCUT2D eigenvalue weighted by Gasteiger charge is -2.16. The summed E-state index contributed by atoms with van der Waals surface area (Å²) in [4.78, 5) is 22.3. The lowest BCUT2D eigenvalue weighted by molar-refractivity contribution is -0.128. The predicted octanol–water partition coefficient (Wildman–Crippen LogP) is 4.52. The monoisotopic (exact) mass is 416 g/mol. The van der Waals surface area contributed by atoms with Crippen LogP contribution in [0.4, 0.5) is 0 Å². The molecule has 1 N–H and O–H groups in total. The van der Waals surface area contributed by atoms with Gasteiger partial charge < -0.3 is 19.1 Å². The van der Waals surface area contributed by atoms with Crippen LogP contribution in [0.5, 0.6) is 5.75 Å². The fourth-order valence-corrected chi connectivity index (χ4v) is 4.01. The number of aromatic nitrogens is 3. The van der Waals surface area contributed by atoms with E-state index in [1.54, 1.807) is 0 Å². The minimum absolute atomic E-state index is 0.0670. The number of benzene rings is 2. The van der Waals surface area contributed by atoms with Gasteiger partial charge in [-0.2, -0.15) is 4.98 Å². The van der Waals surface area contributed by atoms with Crippen molar-refractivity contribution in [1.29, 1.82) is 0 Å². The molecule has 5 rings (SSSR count). The number of amides is 1. The molecule has 2 aromatic heterocycles. The highest BCUT2D eigenvalue weighted by atomic mass is 16.5. The number of ether oxygens (including phenoxy) is 1. The number of likely N-dealkylation sites (tertiary alicyclic amines) is 1. The third-order valence-electron chi connectivity index (χ3n) is 5.62. The van der Waals surface area contributed by atoms with Crippen LogP contribution in [0.15, 0.2) is 59.3 Å². The predicted molar refractivity (Wildman–Crippen MR) is 117 cm³/mol. The second-order valence-corrected chi connectivity index (χ2v) is 7.87. The third-order valence-corrected chi connectivity index (χ3v) is 5.62. The lowest BCUT2D eigenvalue weighted by Crippen LogP contribution is -2.24. The van der Waals surface area contributed by atoms with Crippen molar-refractivity contribution in [2.45, 2.75) is 32.2 Å². The van der Waals surface area contributed by atoms with E-state index >= 15 is 0 Å². The van der Waals surface area contributed by atoms with Gasteiger partial charge in [0, 0.05) is 48.1 Å². The van der Waals surface area contributed by atoms with Crippen molar-refractivity contribution < 1.29 is 14.1 Å². The van der Waals surface area contributed by atoms with Crippen molar-refractivity contribution >= 4 is 16.8 Å². The van der Waals surface area contributed by atoms with Gasteiger partial charge in [0.25, 0.3) is 5.89 Å². The Morgan fingerprint density at radius 2 is 2.06 bits per heavy atom. The molecule has 31 heavy (non-hydrogen) atoms. The van der Waals surface area contributed by atoms with E-state index in [4.69, 9.17) is 9.26 Å². The summed E-state index contributed by atoms with van der Waals surface area (Å²) in [5.74, 6) is 1.96. The number of aromatic amines is 1. The fraction of sp³-hybridized carbons (Fsp3) is 0.292. The molecular weight excluding hydrogens is 392 g/mol. The van der Waals surface area contributed by atoms with Gasteiger partial charge in [-0.1, -0.05) is 30.3 Å². The maximum absolute atomic E-state index is 12.6. The first-order valence-corrected chi connectivity index (χ1v) is 10.6. The first-order chi connectivity index (χ1) is 15.2. The van der Waals surface area contributed by atoms with Gasteiger partial charge in [-0.25, -0.2) is 0 Å². The van der Waals surface area contributed by atoms with Gasteiger partial charge in [-0.3, -0.25) is 4.79 Å². The van der Waals surface area contributed by atoms with Crippen LogP contribution in [0.1, 0.15) is 37.1 Å². The molecule has 158 valence electrons. The van der Waals surface area contributed by atoms with E-state index in [0.29, 0.717) is 37.8 Å². The summed E-state index contributed by atoms with van der Waals surface area (Å²) in [6.45, 7) is 3.94. The second-order valence-electron chi connectivity index (χ2n) is 7.87. The number of fused-ring (bicyclic) bond motifs is 1. The first-order valence-electron chi connectivity index (χ1n) is 10.6. The Morgan fingerprint density at radius 1 is 1.19 bits per heavy atom. The van der Waals surface area contributed by atoms with E-state index < -0.39 is 0 Å². The van der Waals surface area contributed by atoms with Gasteiger partial charge in [-0.15, -0.1) is 0 Å². The standard InChI is InChI=1S/C24H24N4O3/c1-2-12-30-18-8-6-16(7-9-18)14-28-15-17(13-22(28)29)23-26-24(31-27-23)20-4-3-5-21-19(20)10-11-25-21/h3-11,17,25H,2,12-15H2,1H3. The van der Waals surface area contributed by atoms with E-state index in [1.165, 1.54) is 0 Å². The molecule has 1 atom stereocenters. The zero-order valence-corrected chi connectivity index (χ0v) is 17.4. The molecule has 7 nitrogen and oxygen atoms in total. The summed E-state index contributed by atoms with van der Waals surface area (Å²) in [7, 11) is 0. The number of nitrogens with zero attached hydrogens (tertiary/aromatic N) is 3. The molecule has 1 amide bonds. The molecular formula is C24H24N4O3. The Hall–Kier alpha value is -3.61. The van der Waals surface area contributed by atoms with Crippen molar-refractivity contribution in [2.24, 2.45) is 0 Å². The molecule has 0 aliphatic carbocycles. The molecule has 1 aliphatic heterocycles. The van der Waals surface area contributed by atoms with Crippen molar-refractivity contribution in [3.8, 4) is 17.2 Å². The minimum atomic E-state index is -0.0670. The molecule has 0 saturated carbocycles. The van der Waals surface area contributed by atoms with Crippen molar-refractivity contribution in [1.82, 2.24) is 20.0 Å². The highest BCUT2D eigenvalue weighted by Gasteiger charge is 2.33. The van der Waals surface area contributed by atoms with E-state index in [9.17, 15) is 4.79 Å². The molecule has 1 saturated heterocycles. The van der Waals surface area contributed by atoms with Gasteiger partial charge in [0.1, 0.15) is 5.75 Å². The summed E-state index contributed by atoms with van der Waals surface area (Å²) in [6, 6.07) is 15.8. The smallest absolute Gasteiger partial charge is 0.258 e. The number of carbonyl (C=O) groups excluding carboxylic acids is 1. The number of nitrogens with one attached hydrogen (secondary N) is 1. The average Bonchev–Trinajstić information content (AvgIpc) is 3.53. The van der Waals surface area contributed by atoms with E-state index in [0.717, 1.165) is 34.2 Å². The largest absolute Gasteiger partial charge is 0.494 e. The summed E-state index contributed by atoms with van der Waals surface area (Å²) in [5, 5.41) is 5.23. The molecule has 4 aromatic rings. The molecule has 3 heterocycles. The molecule has 7 heteroatoms. The summed E-state index contributed by atoms with van der Waals surface area (Å²) in [6.07, 6.45) is 3.26. The quantitative estimate of drug-likeness (QED) is 0.479. The average molecular weight is 416 g/mol. The Labute approximate surface area is 180 Å². The van der Waals surface area contributed by atoms with Gasteiger partial charge >= 0.3 is 0 Å². The second kappa shape index (κ2) is 8.26. The van der Waals surface area contributed by atoms with Crippen LogP contribution in [0.3, 0.4) is 0 Å². The van der Waals surface area contributed by atoms with Crippen LogP contribution in [-0.4, -0.2) is 39.1 Å². The maximum atomic E-state index is 12.6. The first kappa shape index (κ1) is 19.4. The number of hydrogen-bond acceptors (Lipinski definition) is 5. The van der Waals surface area contributed by atoms with Crippen LogP contribution in [0.2, 0.25) is 0 Å². The Kier molecular flexibility index (Phi) is 5.16. The van der Waals surface area contributed by atoms with Crippen molar-refractivity contribution in [2.75, 3.05) is 13.2 Å². The lowest BCUT2D eigenvalue weighted by atomic mass is 10.1. The fourth-order valence-electron chi connectivity index (χ4n) is 4.01. The molecule has 1 unspecified atom stereocenters. The molecule has 0 bridgehead atoms. The summed E-state index contributed by atoms with van der Waals surface area (Å²) < 4.78 is 11.2. The number of H-pyrrole nitrogens is 1. The molecule has 2 aromatic carbocycles. The van der Waals surface area contributed by atoms with Gasteiger partial charge in [0.05, 0.1) is 6.61 Å². The Balaban J connectivity index is 1.28. The summed E-state index contributed by atoms with van der Waals surface area (Å²) >= 11 is 0. The van der Waals surface area contributed by atoms with Gasteiger partial charge in [0.2, 0.25) is 5.91 Å². The SMILES string of the molecule is CCCOc1ccc(CN2CC(c3noc(-c4cccc5[nH]ccc45)n3)CC2=O)cc1. The minimum Gasteiger partial charge on any atom is -0.494 e. The van der Waals surface area contributed by atoms with Crippen LogP contribution in [0.25, 0.3) is 22.4 Å². The van der Waals surface area contributed by atoms with Crippen molar-refractivity contribution in [3.63, 3.8) is 0 Å². The Morgan fingerprint density at radius 3 is 2.90 bits per heavy atom. The highest BCUT2D eigenvalue weighted by Crippen LogP contribution is 2.31. The van der Waals surface area contributed by atoms with Crippen LogP contribution < -0.4 is 4.74 Å². The molecule has 1 aliphatic rings. The highest BCUT2D eigenvalue weighted by molar-refractivity contribution is 5.92. The van der Waals surface area contributed by atoms with Gasteiger partial charge in [0.15, 0.2) is 5.82 Å².